The molecule has 6 nitrogen and oxygen atoms in total. The van der Waals surface area contributed by atoms with Gasteiger partial charge in [0.05, 0.1) is 10.6 Å². The lowest BCUT2D eigenvalue weighted by molar-refractivity contribution is 0.0953. The number of carbonyl (C=O) groups excluding carboxylic acids is 2. The molecule has 0 radical (unpaired) electrons. The number of halogens is 1. The van der Waals surface area contributed by atoms with Gasteiger partial charge in [-0.1, -0.05) is 11.6 Å². The molecular weight excluding hydrogens is 304 g/mol. The van der Waals surface area contributed by atoms with Gasteiger partial charge >= 0.3 is 6.03 Å². The lowest BCUT2D eigenvalue weighted by Crippen LogP contribution is -2.43. The van der Waals surface area contributed by atoms with Crippen LogP contribution in [0, 0.1) is 0 Å². The smallest absolute Gasteiger partial charge is 0.319 e. The van der Waals surface area contributed by atoms with Crippen molar-refractivity contribution in [2.45, 2.75) is 32.7 Å². The summed E-state index contributed by atoms with van der Waals surface area (Å²) in [5, 5.41) is 8.51. The summed E-state index contributed by atoms with van der Waals surface area (Å²) in [7, 11) is 0. The molecule has 0 spiro atoms. The fraction of sp³-hybridized carbons (Fsp3) is 0.467. The van der Waals surface area contributed by atoms with Crippen LogP contribution >= 0.6 is 11.6 Å². The first-order valence-corrected chi connectivity index (χ1v) is 7.48. The predicted molar refractivity (Wildman–Crippen MR) is 89.4 cm³/mol. The molecule has 0 aliphatic heterocycles. The lowest BCUT2D eigenvalue weighted by atomic mass is 10.1. The van der Waals surface area contributed by atoms with Crippen LogP contribution < -0.4 is 21.7 Å². The van der Waals surface area contributed by atoms with Gasteiger partial charge in [0, 0.05) is 17.8 Å². The van der Waals surface area contributed by atoms with Crippen molar-refractivity contribution in [3.8, 4) is 0 Å². The molecule has 22 heavy (non-hydrogen) atoms. The highest BCUT2D eigenvalue weighted by molar-refractivity contribution is 6.34. The second kappa shape index (κ2) is 8.00. The molecule has 0 atom stereocenters. The maximum absolute atomic E-state index is 12.0. The molecule has 0 unspecified atom stereocenters. The number of rotatable bonds is 5. The van der Waals surface area contributed by atoms with Crippen molar-refractivity contribution in [3.63, 3.8) is 0 Å². The fourth-order valence-corrected chi connectivity index (χ4v) is 1.88. The Labute approximate surface area is 135 Å². The number of nitrogens with one attached hydrogen (secondary N) is 3. The molecule has 0 bridgehead atoms. The van der Waals surface area contributed by atoms with E-state index in [2.05, 4.69) is 16.0 Å². The van der Waals surface area contributed by atoms with E-state index in [1.54, 1.807) is 18.2 Å². The van der Waals surface area contributed by atoms with Gasteiger partial charge in [-0.25, -0.2) is 4.79 Å². The molecule has 0 saturated carbocycles. The lowest BCUT2D eigenvalue weighted by Gasteiger charge is -2.21. The third-order valence-electron chi connectivity index (χ3n) is 2.62. The van der Waals surface area contributed by atoms with Gasteiger partial charge in [-0.05, 0) is 51.9 Å². The standard InChI is InChI=1S/C15H23ClN4O2/c1-15(2,3)20-14(22)19-10-5-6-12(16)11(9-10)13(21)18-8-4-7-17/h5-6,9H,4,7-8,17H2,1-3H3,(H,18,21)(H2,19,20,22). The van der Waals surface area contributed by atoms with E-state index in [4.69, 9.17) is 17.3 Å². The summed E-state index contributed by atoms with van der Waals surface area (Å²) in [6.07, 6.45) is 0.690. The van der Waals surface area contributed by atoms with Crippen LogP contribution in [0.2, 0.25) is 5.02 Å². The topological polar surface area (TPSA) is 96.2 Å². The van der Waals surface area contributed by atoms with Gasteiger partial charge in [0.25, 0.3) is 5.91 Å². The molecule has 0 heterocycles. The summed E-state index contributed by atoms with van der Waals surface area (Å²) >= 11 is 6.03. The Morgan fingerprint density at radius 2 is 1.95 bits per heavy atom. The van der Waals surface area contributed by atoms with Crippen LogP contribution in [-0.2, 0) is 0 Å². The summed E-state index contributed by atoms with van der Waals surface area (Å²) in [5.41, 5.74) is 5.84. The zero-order valence-electron chi connectivity index (χ0n) is 13.1. The number of hydrogen-bond acceptors (Lipinski definition) is 3. The zero-order chi connectivity index (χ0) is 16.8. The van der Waals surface area contributed by atoms with E-state index in [-0.39, 0.29) is 17.5 Å². The summed E-state index contributed by atoms with van der Waals surface area (Å²) in [4.78, 5) is 23.9. The van der Waals surface area contributed by atoms with Crippen molar-refractivity contribution >= 4 is 29.2 Å². The molecule has 3 amide bonds. The van der Waals surface area contributed by atoms with E-state index >= 15 is 0 Å². The minimum Gasteiger partial charge on any atom is -0.352 e. The van der Waals surface area contributed by atoms with Gasteiger partial charge in [-0.15, -0.1) is 0 Å². The van der Waals surface area contributed by atoms with Crippen molar-refractivity contribution < 1.29 is 9.59 Å². The molecule has 1 rings (SSSR count). The van der Waals surface area contributed by atoms with Crippen molar-refractivity contribution in [3.05, 3.63) is 28.8 Å². The van der Waals surface area contributed by atoms with Crippen molar-refractivity contribution in [2.75, 3.05) is 18.4 Å². The number of nitrogens with two attached hydrogens (primary N) is 1. The maximum atomic E-state index is 12.0. The SMILES string of the molecule is CC(C)(C)NC(=O)Nc1ccc(Cl)c(C(=O)NCCCN)c1. The summed E-state index contributed by atoms with van der Waals surface area (Å²) in [6.45, 7) is 6.62. The van der Waals surface area contributed by atoms with E-state index in [1.807, 2.05) is 20.8 Å². The maximum Gasteiger partial charge on any atom is 0.319 e. The van der Waals surface area contributed by atoms with Crippen LogP contribution in [0.3, 0.4) is 0 Å². The summed E-state index contributed by atoms with van der Waals surface area (Å²) in [5.74, 6) is -0.293. The van der Waals surface area contributed by atoms with Gasteiger partial charge in [-0.2, -0.15) is 0 Å². The average molecular weight is 327 g/mol. The van der Waals surface area contributed by atoms with Crippen molar-refractivity contribution in [1.29, 1.82) is 0 Å². The number of urea groups is 1. The summed E-state index contributed by atoms with van der Waals surface area (Å²) in [6, 6.07) is 4.42. The quantitative estimate of drug-likeness (QED) is 0.625. The first-order valence-electron chi connectivity index (χ1n) is 7.10. The molecule has 1 aromatic rings. The highest BCUT2D eigenvalue weighted by Crippen LogP contribution is 2.20. The van der Waals surface area contributed by atoms with Crippen LogP contribution in [0.25, 0.3) is 0 Å². The van der Waals surface area contributed by atoms with E-state index in [1.165, 1.54) is 0 Å². The average Bonchev–Trinajstić information content (AvgIpc) is 2.39. The van der Waals surface area contributed by atoms with Crippen LogP contribution in [0.15, 0.2) is 18.2 Å². The normalized spacial score (nSPS) is 11.0. The molecule has 122 valence electrons. The molecule has 7 heteroatoms. The minimum atomic E-state index is -0.348. The predicted octanol–water partition coefficient (Wildman–Crippen LogP) is 2.34. The van der Waals surface area contributed by atoms with Crippen molar-refractivity contribution in [2.24, 2.45) is 5.73 Å². The Balaban J connectivity index is 2.77. The Morgan fingerprint density at radius 1 is 1.27 bits per heavy atom. The summed E-state index contributed by atoms with van der Waals surface area (Å²) < 4.78 is 0. The van der Waals surface area contributed by atoms with Gasteiger partial charge in [0.2, 0.25) is 0 Å². The molecule has 0 fully saturated rings. The Kier molecular flexibility index (Phi) is 6.64. The Hall–Kier alpha value is -1.79. The Bertz CT molecular complexity index is 541. The first kappa shape index (κ1) is 18.3. The van der Waals surface area contributed by atoms with E-state index in [0.717, 1.165) is 0 Å². The fourth-order valence-electron chi connectivity index (χ4n) is 1.68. The number of hydrogen-bond donors (Lipinski definition) is 4. The highest BCUT2D eigenvalue weighted by atomic mass is 35.5. The van der Waals surface area contributed by atoms with Crippen LogP contribution in [-0.4, -0.2) is 30.6 Å². The largest absolute Gasteiger partial charge is 0.352 e. The molecule has 5 N–H and O–H groups in total. The van der Waals surface area contributed by atoms with Crippen LogP contribution in [0.5, 0.6) is 0 Å². The van der Waals surface area contributed by atoms with Gasteiger partial charge < -0.3 is 21.7 Å². The number of anilines is 1. The zero-order valence-corrected chi connectivity index (χ0v) is 13.9. The number of carbonyl (C=O) groups is 2. The van der Waals surface area contributed by atoms with E-state index in [9.17, 15) is 9.59 Å². The Morgan fingerprint density at radius 3 is 2.55 bits per heavy atom. The third-order valence-corrected chi connectivity index (χ3v) is 2.95. The second-order valence-corrected chi connectivity index (χ2v) is 6.33. The molecular formula is C15H23ClN4O2. The highest BCUT2D eigenvalue weighted by Gasteiger charge is 2.15. The third kappa shape index (κ3) is 6.32. The van der Waals surface area contributed by atoms with Gasteiger partial charge in [-0.3, -0.25) is 4.79 Å². The van der Waals surface area contributed by atoms with E-state index in [0.29, 0.717) is 35.8 Å². The number of benzene rings is 1. The first-order chi connectivity index (χ1) is 10.2. The molecule has 0 saturated heterocycles. The molecule has 0 aromatic heterocycles. The van der Waals surface area contributed by atoms with Crippen LogP contribution in [0.4, 0.5) is 10.5 Å². The number of amides is 3. The minimum absolute atomic E-state index is 0.293. The molecule has 0 aliphatic rings. The van der Waals surface area contributed by atoms with Gasteiger partial charge in [0.15, 0.2) is 0 Å². The van der Waals surface area contributed by atoms with Gasteiger partial charge in [0.1, 0.15) is 0 Å². The van der Waals surface area contributed by atoms with Crippen LogP contribution in [0.1, 0.15) is 37.6 Å². The molecule has 1 aromatic carbocycles. The second-order valence-electron chi connectivity index (χ2n) is 5.92. The molecule has 0 aliphatic carbocycles. The van der Waals surface area contributed by atoms with E-state index < -0.39 is 0 Å². The monoisotopic (exact) mass is 326 g/mol. The van der Waals surface area contributed by atoms with Crippen molar-refractivity contribution in [1.82, 2.24) is 10.6 Å².